The number of piperazine rings is 1. The first-order valence-electron chi connectivity index (χ1n) is 10.6. The zero-order valence-electron chi connectivity index (χ0n) is 17.1. The molecule has 0 radical (unpaired) electrons. The smallest absolute Gasteiger partial charge is 0.227 e. The zero-order chi connectivity index (χ0) is 19.9. The van der Waals surface area contributed by atoms with Crippen LogP contribution in [0.5, 0.6) is 0 Å². The molecule has 0 spiro atoms. The van der Waals surface area contributed by atoms with Gasteiger partial charge in [-0.1, -0.05) is 24.3 Å². The van der Waals surface area contributed by atoms with Gasteiger partial charge < -0.3 is 20.0 Å². The van der Waals surface area contributed by atoms with Gasteiger partial charge in [0.05, 0.1) is 13.0 Å². The Morgan fingerprint density at radius 2 is 1.71 bits per heavy atom. The molecule has 0 aromatic heterocycles. The van der Waals surface area contributed by atoms with Crippen LogP contribution in [0.2, 0.25) is 0 Å². The van der Waals surface area contributed by atoms with Crippen molar-refractivity contribution in [3.63, 3.8) is 0 Å². The highest BCUT2D eigenvalue weighted by molar-refractivity contribution is 5.79. The van der Waals surface area contributed by atoms with Gasteiger partial charge in [0, 0.05) is 51.9 Å². The number of aliphatic hydroxyl groups excluding tert-OH is 2. The molecule has 2 aliphatic rings. The number of carbonyl (C=O) groups excluding carboxylic acids is 1. The van der Waals surface area contributed by atoms with Crippen LogP contribution in [-0.2, 0) is 17.8 Å². The Morgan fingerprint density at radius 3 is 2.36 bits per heavy atom. The number of piperidine rings is 1. The molecule has 0 aliphatic carbocycles. The van der Waals surface area contributed by atoms with Crippen molar-refractivity contribution >= 4 is 5.91 Å². The van der Waals surface area contributed by atoms with Crippen LogP contribution in [-0.4, -0.2) is 89.8 Å². The predicted molar refractivity (Wildman–Crippen MR) is 110 cm³/mol. The maximum Gasteiger partial charge on any atom is 0.227 e. The third-order valence-electron chi connectivity index (χ3n) is 6.35. The van der Waals surface area contributed by atoms with Crippen molar-refractivity contribution in [3.05, 3.63) is 35.4 Å². The fraction of sp³-hybridized carbons (Fsp3) is 0.682. The SMILES string of the molecule is CN1CCN([C@@H]2CCN(C(=O)Cc3ccc(CO)cc3)C[C@@H]2CCCO)CC1. The molecular weight excluding hydrogens is 354 g/mol. The number of benzene rings is 1. The van der Waals surface area contributed by atoms with Crippen molar-refractivity contribution in [1.29, 1.82) is 0 Å². The van der Waals surface area contributed by atoms with E-state index in [0.29, 0.717) is 18.4 Å². The van der Waals surface area contributed by atoms with Crippen LogP contribution in [0.1, 0.15) is 30.4 Å². The van der Waals surface area contributed by atoms with Crippen molar-refractivity contribution < 1.29 is 15.0 Å². The Hall–Kier alpha value is -1.47. The summed E-state index contributed by atoms with van der Waals surface area (Å²) in [7, 11) is 2.18. The molecule has 3 rings (SSSR count). The molecule has 2 heterocycles. The van der Waals surface area contributed by atoms with E-state index in [-0.39, 0.29) is 19.1 Å². The van der Waals surface area contributed by atoms with Crippen molar-refractivity contribution in [1.82, 2.24) is 14.7 Å². The summed E-state index contributed by atoms with van der Waals surface area (Å²) in [4.78, 5) is 19.9. The van der Waals surface area contributed by atoms with E-state index in [2.05, 4.69) is 16.8 Å². The van der Waals surface area contributed by atoms with Crippen molar-refractivity contribution in [2.75, 3.05) is 52.9 Å². The highest BCUT2D eigenvalue weighted by Crippen LogP contribution is 2.27. The molecular formula is C22H35N3O3. The molecule has 28 heavy (non-hydrogen) atoms. The number of nitrogens with zero attached hydrogens (tertiary/aromatic N) is 3. The quantitative estimate of drug-likeness (QED) is 0.727. The van der Waals surface area contributed by atoms with Crippen LogP contribution >= 0.6 is 0 Å². The lowest BCUT2D eigenvalue weighted by molar-refractivity contribution is -0.133. The van der Waals surface area contributed by atoms with E-state index in [1.807, 2.05) is 29.2 Å². The molecule has 0 saturated carbocycles. The summed E-state index contributed by atoms with van der Waals surface area (Å²) in [5, 5.41) is 18.5. The van der Waals surface area contributed by atoms with Crippen LogP contribution in [0, 0.1) is 5.92 Å². The van der Waals surface area contributed by atoms with E-state index < -0.39 is 0 Å². The van der Waals surface area contributed by atoms with Gasteiger partial charge in [0.15, 0.2) is 0 Å². The van der Waals surface area contributed by atoms with Gasteiger partial charge >= 0.3 is 0 Å². The monoisotopic (exact) mass is 389 g/mol. The van der Waals surface area contributed by atoms with E-state index in [9.17, 15) is 9.90 Å². The number of hydrogen-bond donors (Lipinski definition) is 2. The van der Waals surface area contributed by atoms with Gasteiger partial charge in [-0.2, -0.15) is 0 Å². The molecule has 1 amide bonds. The first-order valence-corrected chi connectivity index (χ1v) is 10.6. The Balaban J connectivity index is 1.59. The summed E-state index contributed by atoms with van der Waals surface area (Å²) in [6, 6.07) is 8.15. The number of amides is 1. The summed E-state index contributed by atoms with van der Waals surface area (Å²) in [5.74, 6) is 0.618. The summed E-state index contributed by atoms with van der Waals surface area (Å²) < 4.78 is 0. The maximum absolute atomic E-state index is 12.9. The van der Waals surface area contributed by atoms with E-state index in [4.69, 9.17) is 5.11 Å². The van der Waals surface area contributed by atoms with Crippen LogP contribution in [0.15, 0.2) is 24.3 Å². The Morgan fingerprint density at radius 1 is 1.04 bits per heavy atom. The van der Waals surface area contributed by atoms with E-state index in [0.717, 1.165) is 69.7 Å². The molecule has 1 aromatic carbocycles. The van der Waals surface area contributed by atoms with Gasteiger partial charge in [-0.25, -0.2) is 0 Å². The molecule has 6 heteroatoms. The molecule has 2 atom stereocenters. The molecule has 2 aliphatic heterocycles. The third-order valence-corrected chi connectivity index (χ3v) is 6.35. The highest BCUT2D eigenvalue weighted by atomic mass is 16.3. The maximum atomic E-state index is 12.9. The molecule has 0 unspecified atom stereocenters. The molecule has 2 N–H and O–H groups in total. The minimum absolute atomic E-state index is 0.0283. The highest BCUT2D eigenvalue weighted by Gasteiger charge is 2.35. The number of rotatable bonds is 7. The number of likely N-dealkylation sites (N-methyl/N-ethyl adjacent to an activating group) is 1. The summed E-state index contributed by atoms with van der Waals surface area (Å²) >= 11 is 0. The normalized spacial score (nSPS) is 24.5. The van der Waals surface area contributed by atoms with Crippen molar-refractivity contribution in [2.45, 2.75) is 38.3 Å². The number of aliphatic hydroxyl groups is 2. The van der Waals surface area contributed by atoms with E-state index in [1.165, 1.54) is 0 Å². The van der Waals surface area contributed by atoms with Crippen molar-refractivity contribution in [2.24, 2.45) is 5.92 Å². The van der Waals surface area contributed by atoms with Crippen LogP contribution in [0.25, 0.3) is 0 Å². The minimum Gasteiger partial charge on any atom is -0.396 e. The molecule has 156 valence electrons. The average molecular weight is 390 g/mol. The van der Waals surface area contributed by atoms with E-state index >= 15 is 0 Å². The molecule has 2 saturated heterocycles. The van der Waals surface area contributed by atoms with Gasteiger partial charge in [0.2, 0.25) is 5.91 Å². The lowest BCUT2D eigenvalue weighted by Gasteiger charge is -2.46. The zero-order valence-corrected chi connectivity index (χ0v) is 17.1. The van der Waals surface area contributed by atoms with Gasteiger partial charge in [0.1, 0.15) is 0 Å². The second kappa shape index (κ2) is 10.3. The van der Waals surface area contributed by atoms with Gasteiger partial charge in [0.25, 0.3) is 0 Å². The lowest BCUT2D eigenvalue weighted by Crippen LogP contribution is -2.57. The Labute approximate surface area is 168 Å². The second-order valence-corrected chi connectivity index (χ2v) is 8.31. The van der Waals surface area contributed by atoms with Gasteiger partial charge in [-0.3, -0.25) is 9.69 Å². The fourth-order valence-electron chi connectivity index (χ4n) is 4.57. The molecule has 1 aromatic rings. The number of likely N-dealkylation sites (tertiary alicyclic amines) is 1. The third kappa shape index (κ3) is 5.54. The largest absolute Gasteiger partial charge is 0.396 e. The topological polar surface area (TPSA) is 67.2 Å². The van der Waals surface area contributed by atoms with E-state index in [1.54, 1.807) is 0 Å². The predicted octanol–water partition coefficient (Wildman–Crippen LogP) is 0.958. The minimum atomic E-state index is 0.0283. The summed E-state index contributed by atoms with van der Waals surface area (Å²) in [5.41, 5.74) is 1.86. The van der Waals surface area contributed by atoms with Gasteiger partial charge in [-0.05, 0) is 43.4 Å². The second-order valence-electron chi connectivity index (χ2n) is 8.31. The number of carbonyl (C=O) groups is 1. The first kappa shape index (κ1) is 21.2. The number of hydrogen-bond acceptors (Lipinski definition) is 5. The van der Waals surface area contributed by atoms with Gasteiger partial charge in [-0.15, -0.1) is 0 Å². The fourth-order valence-corrected chi connectivity index (χ4v) is 4.57. The Bertz CT molecular complexity index is 614. The van der Waals surface area contributed by atoms with Crippen LogP contribution in [0.4, 0.5) is 0 Å². The molecule has 2 fully saturated rings. The van der Waals surface area contributed by atoms with Crippen LogP contribution < -0.4 is 0 Å². The standard InChI is InChI=1S/C22H35N3O3/c1-23-10-12-24(13-11-23)21-8-9-25(16-20(21)3-2-14-26)22(28)15-18-4-6-19(17-27)7-5-18/h4-7,20-21,26-27H,2-3,8-17H2,1H3/t20-,21+/m0/s1. The molecule has 0 bridgehead atoms. The average Bonchev–Trinajstić information content (AvgIpc) is 2.73. The first-order chi connectivity index (χ1) is 13.6. The van der Waals surface area contributed by atoms with Crippen molar-refractivity contribution in [3.8, 4) is 0 Å². The Kier molecular flexibility index (Phi) is 7.85. The van der Waals surface area contributed by atoms with Crippen LogP contribution in [0.3, 0.4) is 0 Å². The summed E-state index contributed by atoms with van der Waals surface area (Å²) in [6.45, 7) is 6.28. The lowest BCUT2D eigenvalue weighted by atomic mass is 9.86. The molecule has 6 nitrogen and oxygen atoms in total. The summed E-state index contributed by atoms with van der Waals surface area (Å²) in [6.07, 6.45) is 3.22.